The highest BCUT2D eigenvalue weighted by atomic mass is 16.6. The van der Waals surface area contributed by atoms with Crippen molar-refractivity contribution in [1.29, 1.82) is 0 Å². The molecule has 0 aliphatic carbocycles. The number of carbonyl (C=O) groups is 2. The van der Waals surface area contributed by atoms with Crippen molar-refractivity contribution in [3.8, 4) is 22.3 Å². The molecular weight excluding hydrogens is 502 g/mol. The van der Waals surface area contributed by atoms with Crippen molar-refractivity contribution in [1.82, 2.24) is 5.32 Å². The van der Waals surface area contributed by atoms with Crippen LogP contribution in [0.3, 0.4) is 0 Å². The molecule has 0 radical (unpaired) electrons. The van der Waals surface area contributed by atoms with E-state index in [4.69, 9.17) is 14.3 Å². The molecule has 1 aromatic heterocycles. The Bertz CT molecular complexity index is 1690. The van der Waals surface area contributed by atoms with Crippen LogP contribution in [0.25, 0.3) is 44.2 Å². The number of alkyl carbamates (subject to hydrolysis) is 1. The summed E-state index contributed by atoms with van der Waals surface area (Å²) in [6.07, 6.45) is 2.32. The van der Waals surface area contributed by atoms with Crippen LogP contribution in [0, 0.1) is 0 Å². The molecule has 6 heteroatoms. The molecule has 0 saturated heterocycles. The second-order valence-electron chi connectivity index (χ2n) is 10.7. The van der Waals surface area contributed by atoms with E-state index in [-0.39, 0.29) is 0 Å². The molecule has 1 amide bonds. The van der Waals surface area contributed by atoms with Gasteiger partial charge in [-0.2, -0.15) is 0 Å². The van der Waals surface area contributed by atoms with E-state index in [1.54, 1.807) is 20.8 Å². The van der Waals surface area contributed by atoms with Crippen LogP contribution < -0.4 is 5.32 Å². The Morgan fingerprint density at radius 1 is 0.850 bits per heavy atom. The molecule has 4 aromatic carbocycles. The Morgan fingerprint density at radius 2 is 1.48 bits per heavy atom. The fourth-order valence-corrected chi connectivity index (χ4v) is 4.73. The summed E-state index contributed by atoms with van der Waals surface area (Å²) in [5.41, 5.74) is 6.31. The summed E-state index contributed by atoms with van der Waals surface area (Å²) in [7, 11) is 0. The quantitative estimate of drug-likeness (QED) is 0.207. The van der Waals surface area contributed by atoms with Crippen LogP contribution in [0.4, 0.5) is 4.79 Å². The van der Waals surface area contributed by atoms with Gasteiger partial charge in [-0.15, -0.1) is 0 Å². The molecule has 0 fully saturated rings. The van der Waals surface area contributed by atoms with Crippen LogP contribution in [0.1, 0.15) is 26.3 Å². The lowest BCUT2D eigenvalue weighted by Gasteiger charge is -2.22. The number of furan rings is 1. The molecular formula is C34H31NO5. The highest BCUT2D eigenvalue weighted by molar-refractivity contribution is 6.09. The van der Waals surface area contributed by atoms with E-state index in [1.807, 2.05) is 42.5 Å². The van der Waals surface area contributed by atoms with Crippen LogP contribution in [0.5, 0.6) is 0 Å². The minimum atomic E-state index is -1.08. The first-order valence-electron chi connectivity index (χ1n) is 13.2. The van der Waals surface area contributed by atoms with E-state index >= 15 is 0 Å². The van der Waals surface area contributed by atoms with E-state index in [1.165, 1.54) is 6.08 Å². The van der Waals surface area contributed by atoms with Crippen molar-refractivity contribution in [2.45, 2.75) is 38.8 Å². The van der Waals surface area contributed by atoms with Crippen molar-refractivity contribution < 1.29 is 23.8 Å². The lowest BCUT2D eigenvalue weighted by molar-refractivity contribution is -0.131. The van der Waals surface area contributed by atoms with Crippen molar-refractivity contribution in [3.05, 3.63) is 109 Å². The molecule has 0 saturated carbocycles. The Hall–Kier alpha value is -4.84. The number of hydrogen-bond donors (Lipinski definition) is 2. The maximum atomic E-state index is 12.3. The highest BCUT2D eigenvalue weighted by Crippen LogP contribution is 2.36. The Morgan fingerprint density at radius 3 is 2.15 bits per heavy atom. The number of para-hydroxylation sites is 2. The van der Waals surface area contributed by atoms with Crippen molar-refractivity contribution in [2.75, 3.05) is 0 Å². The fraction of sp³-hybridized carbons (Fsp3) is 0.176. The molecule has 5 rings (SSSR count). The maximum absolute atomic E-state index is 12.3. The van der Waals surface area contributed by atoms with E-state index in [2.05, 4.69) is 53.8 Å². The Labute approximate surface area is 232 Å². The third-order valence-electron chi connectivity index (χ3n) is 6.52. The minimum Gasteiger partial charge on any atom is -0.478 e. The highest BCUT2D eigenvalue weighted by Gasteiger charge is 2.19. The standard InChI is InChI=1S/C34H31NO5/c1-34(2,3)40-33(38)35-26(19-20-31(36)37)21-22-11-13-23(14-12-22)24-15-17-25(18-16-24)27-8-6-9-29-28-7-4-5-10-30(28)39-32(27)29/h4-20,26H,21H2,1-3H3,(H,35,38)(H,36,37)/b20-19+. The predicted octanol–water partition coefficient (Wildman–Crippen LogP) is 8.00. The topological polar surface area (TPSA) is 88.8 Å². The van der Waals surface area contributed by atoms with Gasteiger partial charge in [0.05, 0.1) is 6.04 Å². The third kappa shape index (κ3) is 6.24. The summed E-state index contributed by atoms with van der Waals surface area (Å²) in [5, 5.41) is 14.0. The number of benzene rings is 4. The van der Waals surface area contributed by atoms with Gasteiger partial charge in [0.1, 0.15) is 16.8 Å². The Kier molecular flexibility index (Phi) is 7.43. The summed E-state index contributed by atoms with van der Waals surface area (Å²) in [6, 6.07) is 30.2. The first kappa shape index (κ1) is 26.8. The summed E-state index contributed by atoms with van der Waals surface area (Å²) in [6.45, 7) is 5.33. The van der Waals surface area contributed by atoms with Crippen LogP contribution >= 0.6 is 0 Å². The second kappa shape index (κ2) is 11.1. The van der Waals surface area contributed by atoms with Gasteiger partial charge in [-0.3, -0.25) is 0 Å². The molecule has 0 aliphatic heterocycles. The molecule has 5 aromatic rings. The van der Waals surface area contributed by atoms with Gasteiger partial charge in [-0.25, -0.2) is 9.59 Å². The zero-order chi connectivity index (χ0) is 28.3. The fourth-order valence-electron chi connectivity index (χ4n) is 4.73. The number of amides is 1. The summed E-state index contributed by atoms with van der Waals surface area (Å²) in [4.78, 5) is 23.3. The van der Waals surface area contributed by atoms with Gasteiger partial charge in [0.2, 0.25) is 0 Å². The maximum Gasteiger partial charge on any atom is 0.408 e. The molecule has 40 heavy (non-hydrogen) atoms. The molecule has 0 spiro atoms. The SMILES string of the molecule is CC(C)(C)OC(=O)NC(/C=C/C(=O)O)Cc1ccc(-c2ccc(-c3cccc4c3oc3ccccc34)cc2)cc1. The van der Waals surface area contributed by atoms with Gasteiger partial charge in [0, 0.05) is 22.4 Å². The number of carboxylic acids is 1. The zero-order valence-corrected chi connectivity index (χ0v) is 22.7. The second-order valence-corrected chi connectivity index (χ2v) is 10.7. The molecule has 0 bridgehead atoms. The van der Waals surface area contributed by atoms with E-state index in [9.17, 15) is 9.59 Å². The first-order chi connectivity index (χ1) is 19.2. The molecule has 1 atom stereocenters. The molecule has 6 nitrogen and oxygen atoms in total. The van der Waals surface area contributed by atoms with Gasteiger partial charge in [-0.05, 0) is 55.5 Å². The molecule has 0 aliphatic rings. The molecule has 1 unspecified atom stereocenters. The summed E-state index contributed by atoms with van der Waals surface area (Å²) in [5.74, 6) is -1.08. The van der Waals surface area contributed by atoms with Gasteiger partial charge < -0.3 is 19.6 Å². The van der Waals surface area contributed by atoms with Crippen LogP contribution in [0.2, 0.25) is 0 Å². The van der Waals surface area contributed by atoms with Gasteiger partial charge in [0.25, 0.3) is 0 Å². The van der Waals surface area contributed by atoms with Crippen molar-refractivity contribution in [2.24, 2.45) is 0 Å². The summed E-state index contributed by atoms with van der Waals surface area (Å²) < 4.78 is 11.5. The number of carbonyl (C=O) groups excluding carboxylic acids is 1. The predicted molar refractivity (Wildman–Crippen MR) is 158 cm³/mol. The number of ether oxygens (including phenoxy) is 1. The number of aliphatic carboxylic acids is 1. The lowest BCUT2D eigenvalue weighted by atomic mass is 9.97. The first-order valence-corrected chi connectivity index (χ1v) is 13.2. The molecule has 202 valence electrons. The van der Waals surface area contributed by atoms with E-state index < -0.39 is 23.7 Å². The van der Waals surface area contributed by atoms with E-state index in [0.717, 1.165) is 55.8 Å². The smallest absolute Gasteiger partial charge is 0.408 e. The van der Waals surface area contributed by atoms with E-state index in [0.29, 0.717) is 6.42 Å². The lowest BCUT2D eigenvalue weighted by Crippen LogP contribution is -2.39. The molecule has 1 heterocycles. The largest absolute Gasteiger partial charge is 0.478 e. The molecule has 2 N–H and O–H groups in total. The zero-order valence-electron chi connectivity index (χ0n) is 22.7. The number of nitrogens with one attached hydrogen (secondary N) is 1. The monoisotopic (exact) mass is 533 g/mol. The average molecular weight is 534 g/mol. The van der Waals surface area contributed by atoms with Crippen LogP contribution in [-0.4, -0.2) is 28.8 Å². The summed E-state index contributed by atoms with van der Waals surface area (Å²) >= 11 is 0. The van der Waals surface area contributed by atoms with Crippen molar-refractivity contribution >= 4 is 34.0 Å². The van der Waals surface area contributed by atoms with Crippen LogP contribution in [0.15, 0.2) is 108 Å². The Balaban J connectivity index is 1.33. The number of hydrogen-bond acceptors (Lipinski definition) is 4. The van der Waals surface area contributed by atoms with Gasteiger partial charge in [-0.1, -0.05) is 91.0 Å². The number of carboxylic acid groups (broad SMARTS) is 1. The van der Waals surface area contributed by atoms with Crippen molar-refractivity contribution in [3.63, 3.8) is 0 Å². The average Bonchev–Trinajstić information content (AvgIpc) is 3.30. The number of fused-ring (bicyclic) bond motifs is 3. The third-order valence-corrected chi connectivity index (χ3v) is 6.52. The number of rotatable bonds is 7. The van der Waals surface area contributed by atoms with Crippen LogP contribution in [-0.2, 0) is 16.0 Å². The minimum absolute atomic E-state index is 0.420. The van der Waals surface area contributed by atoms with Gasteiger partial charge >= 0.3 is 12.1 Å². The normalized spacial score (nSPS) is 12.6. The van der Waals surface area contributed by atoms with Gasteiger partial charge in [0.15, 0.2) is 0 Å².